The number of amides is 1. The topological polar surface area (TPSA) is 67.6 Å². The van der Waals surface area contributed by atoms with E-state index in [-0.39, 0.29) is 42.7 Å². The summed E-state index contributed by atoms with van der Waals surface area (Å²) in [7, 11) is 0. The molecule has 3 N–H and O–H groups in total. The molecule has 0 aliphatic rings. The molecule has 7 heteroatoms. The smallest absolute Gasteiger partial charge is 0.224 e. The molecule has 1 aromatic rings. The molecular weight excluding hydrogens is 361 g/mol. The molecule has 0 aromatic heterocycles. The Hall–Kier alpha value is -1.01. The van der Waals surface area contributed by atoms with Crippen molar-refractivity contribution in [3.8, 4) is 5.75 Å². The molecule has 146 valence electrons. The lowest BCUT2D eigenvalue weighted by molar-refractivity contribution is -0.125. The number of halogens is 2. The highest BCUT2D eigenvalue weighted by atomic mass is 35.5. The predicted octanol–water partition coefficient (Wildman–Crippen LogP) is 2.85. The van der Waals surface area contributed by atoms with Crippen LogP contribution in [0.2, 0.25) is 0 Å². The van der Waals surface area contributed by atoms with Gasteiger partial charge < -0.3 is 20.7 Å². The lowest BCUT2D eigenvalue weighted by Gasteiger charge is -2.18. The Balaban J connectivity index is 0. The summed E-state index contributed by atoms with van der Waals surface area (Å²) in [6.45, 7) is 12.2. The van der Waals surface area contributed by atoms with Gasteiger partial charge in [-0.3, -0.25) is 4.79 Å². The minimum Gasteiger partial charge on any atom is -0.492 e. The highest BCUT2D eigenvalue weighted by molar-refractivity contribution is 5.85. The molecule has 2 atom stereocenters. The van der Waals surface area contributed by atoms with Crippen molar-refractivity contribution in [1.82, 2.24) is 10.2 Å². The van der Waals surface area contributed by atoms with Gasteiger partial charge in [0.05, 0.1) is 0 Å². The molecule has 0 fully saturated rings. The zero-order valence-corrected chi connectivity index (χ0v) is 17.3. The molecule has 0 spiro atoms. The Kier molecular flexibility index (Phi) is 14.9. The van der Waals surface area contributed by atoms with Crippen LogP contribution in [0.1, 0.15) is 33.3 Å². The Labute approximate surface area is 164 Å². The van der Waals surface area contributed by atoms with Crippen LogP contribution in [0.5, 0.6) is 5.75 Å². The van der Waals surface area contributed by atoms with Gasteiger partial charge in [0.1, 0.15) is 12.4 Å². The molecule has 1 amide bonds. The van der Waals surface area contributed by atoms with Crippen molar-refractivity contribution < 1.29 is 9.53 Å². The van der Waals surface area contributed by atoms with Crippen molar-refractivity contribution in [2.24, 2.45) is 11.7 Å². The van der Waals surface area contributed by atoms with E-state index >= 15 is 0 Å². The second-order valence-corrected chi connectivity index (χ2v) is 5.88. The Morgan fingerprint density at radius 3 is 2.20 bits per heavy atom. The monoisotopic (exact) mass is 393 g/mol. The van der Waals surface area contributed by atoms with E-state index in [1.165, 1.54) is 0 Å². The maximum absolute atomic E-state index is 11.9. The molecule has 0 heterocycles. The van der Waals surface area contributed by atoms with E-state index in [1.54, 1.807) is 0 Å². The summed E-state index contributed by atoms with van der Waals surface area (Å²) in [4.78, 5) is 14.2. The van der Waals surface area contributed by atoms with E-state index in [4.69, 9.17) is 10.5 Å². The molecule has 0 saturated heterocycles. The van der Waals surface area contributed by atoms with Gasteiger partial charge >= 0.3 is 0 Å². The Morgan fingerprint density at radius 2 is 1.72 bits per heavy atom. The third kappa shape index (κ3) is 9.90. The number of ether oxygens (including phenoxy) is 1. The summed E-state index contributed by atoms with van der Waals surface area (Å²) in [5.41, 5.74) is 6.78. The largest absolute Gasteiger partial charge is 0.492 e. The van der Waals surface area contributed by atoms with E-state index in [9.17, 15) is 4.79 Å². The minimum absolute atomic E-state index is 0. The first kappa shape index (κ1) is 26.2. The maximum atomic E-state index is 11.9. The summed E-state index contributed by atoms with van der Waals surface area (Å²) in [5.74, 6) is 0.661. The van der Waals surface area contributed by atoms with Crippen LogP contribution in [-0.2, 0) is 11.3 Å². The number of nitrogens with one attached hydrogen (secondary N) is 1. The van der Waals surface area contributed by atoms with Crippen molar-refractivity contribution in [1.29, 1.82) is 0 Å². The lowest BCUT2D eigenvalue weighted by atomic mass is 10.0. The summed E-state index contributed by atoms with van der Waals surface area (Å²) < 4.78 is 5.74. The predicted molar refractivity (Wildman–Crippen MR) is 109 cm³/mol. The first-order valence-corrected chi connectivity index (χ1v) is 8.45. The van der Waals surface area contributed by atoms with Crippen molar-refractivity contribution >= 4 is 30.7 Å². The van der Waals surface area contributed by atoms with Crippen LogP contribution < -0.4 is 15.8 Å². The minimum atomic E-state index is -0.183. The molecule has 0 radical (unpaired) electrons. The summed E-state index contributed by atoms with van der Waals surface area (Å²) in [6, 6.07) is 7.70. The van der Waals surface area contributed by atoms with E-state index in [1.807, 2.05) is 38.1 Å². The summed E-state index contributed by atoms with van der Waals surface area (Å²) in [6.07, 6.45) is 0. The molecule has 25 heavy (non-hydrogen) atoms. The van der Waals surface area contributed by atoms with E-state index < -0.39 is 0 Å². The fraction of sp³-hybridized carbons (Fsp3) is 0.611. The summed E-state index contributed by atoms with van der Waals surface area (Å²) >= 11 is 0. The van der Waals surface area contributed by atoms with Gasteiger partial charge in [-0.1, -0.05) is 32.9 Å². The number of hydrogen-bond donors (Lipinski definition) is 2. The van der Waals surface area contributed by atoms with Gasteiger partial charge in [-0.15, -0.1) is 24.8 Å². The standard InChI is InChI=1S/C18H31N3O2.2ClH/c1-5-21(6-2)11-12-23-17-9-7-16(8-10-17)13-20-18(22)14(3)15(4)19;;/h7-10,14-15H,5-6,11-13,19H2,1-4H3,(H,20,22);2*1H. The van der Waals surface area contributed by atoms with E-state index in [2.05, 4.69) is 24.1 Å². The molecular formula is C18H33Cl2N3O2. The zero-order chi connectivity index (χ0) is 17.2. The number of nitrogens with zero attached hydrogens (tertiary/aromatic N) is 1. The van der Waals surface area contributed by atoms with Crippen molar-refractivity contribution in [3.63, 3.8) is 0 Å². The maximum Gasteiger partial charge on any atom is 0.224 e. The van der Waals surface area contributed by atoms with Crippen molar-refractivity contribution in [2.75, 3.05) is 26.2 Å². The van der Waals surface area contributed by atoms with Crippen LogP contribution in [0.25, 0.3) is 0 Å². The molecule has 1 rings (SSSR count). The fourth-order valence-corrected chi connectivity index (χ4v) is 2.12. The average molecular weight is 394 g/mol. The Bertz CT molecular complexity index is 466. The number of rotatable bonds is 10. The molecule has 1 aromatic carbocycles. The number of hydrogen-bond acceptors (Lipinski definition) is 4. The third-order valence-electron chi connectivity index (χ3n) is 4.16. The number of carbonyl (C=O) groups is 1. The molecule has 2 unspecified atom stereocenters. The SMILES string of the molecule is CCN(CC)CCOc1ccc(CNC(=O)C(C)C(C)N)cc1.Cl.Cl. The number of carbonyl (C=O) groups excluding carboxylic acids is 1. The van der Waals surface area contributed by atoms with Gasteiger partial charge in [0, 0.05) is 25.0 Å². The van der Waals surface area contributed by atoms with Crippen LogP contribution in [0.15, 0.2) is 24.3 Å². The second kappa shape index (κ2) is 14.2. The fourth-order valence-electron chi connectivity index (χ4n) is 2.12. The number of nitrogens with two attached hydrogens (primary N) is 1. The van der Waals surface area contributed by atoms with E-state index in [0.717, 1.165) is 30.9 Å². The lowest BCUT2D eigenvalue weighted by Crippen LogP contribution is -2.38. The van der Waals surface area contributed by atoms with Crippen molar-refractivity contribution in [2.45, 2.75) is 40.3 Å². The normalized spacial score (nSPS) is 12.6. The number of likely N-dealkylation sites (N-methyl/N-ethyl adjacent to an activating group) is 1. The molecule has 0 aliphatic heterocycles. The first-order chi connectivity index (χ1) is 11.0. The highest BCUT2D eigenvalue weighted by Gasteiger charge is 2.16. The molecule has 0 saturated carbocycles. The van der Waals surface area contributed by atoms with Crippen LogP contribution in [-0.4, -0.2) is 43.1 Å². The Morgan fingerprint density at radius 1 is 1.16 bits per heavy atom. The van der Waals surface area contributed by atoms with Gasteiger partial charge in [0.2, 0.25) is 5.91 Å². The molecule has 0 bridgehead atoms. The average Bonchev–Trinajstić information content (AvgIpc) is 2.56. The van der Waals surface area contributed by atoms with E-state index in [0.29, 0.717) is 13.2 Å². The van der Waals surface area contributed by atoms with Gasteiger partial charge in [-0.25, -0.2) is 0 Å². The third-order valence-corrected chi connectivity index (χ3v) is 4.16. The van der Waals surface area contributed by atoms with Gasteiger partial charge in [0.15, 0.2) is 0 Å². The quantitative estimate of drug-likeness (QED) is 0.641. The first-order valence-electron chi connectivity index (χ1n) is 8.45. The van der Waals surface area contributed by atoms with Gasteiger partial charge in [-0.2, -0.15) is 0 Å². The number of benzene rings is 1. The van der Waals surface area contributed by atoms with Crippen LogP contribution >= 0.6 is 24.8 Å². The summed E-state index contributed by atoms with van der Waals surface area (Å²) in [5, 5.41) is 2.91. The van der Waals surface area contributed by atoms with Gasteiger partial charge in [0.25, 0.3) is 0 Å². The van der Waals surface area contributed by atoms with Gasteiger partial charge in [-0.05, 0) is 37.7 Å². The second-order valence-electron chi connectivity index (χ2n) is 5.88. The zero-order valence-electron chi connectivity index (χ0n) is 15.7. The van der Waals surface area contributed by atoms with Crippen molar-refractivity contribution in [3.05, 3.63) is 29.8 Å². The van der Waals surface area contributed by atoms with Crippen LogP contribution in [0.3, 0.4) is 0 Å². The molecule has 5 nitrogen and oxygen atoms in total. The molecule has 0 aliphatic carbocycles. The van der Waals surface area contributed by atoms with Crippen LogP contribution in [0.4, 0.5) is 0 Å². The van der Waals surface area contributed by atoms with Crippen LogP contribution in [0, 0.1) is 5.92 Å². The highest BCUT2D eigenvalue weighted by Crippen LogP contribution is 2.12.